The Hall–Kier alpha value is -1.59. The summed E-state index contributed by atoms with van der Waals surface area (Å²) in [5.41, 5.74) is -2.51. The van der Waals surface area contributed by atoms with Gasteiger partial charge in [0, 0.05) is 6.92 Å². The Bertz CT molecular complexity index is 321. The van der Waals surface area contributed by atoms with Crippen molar-refractivity contribution >= 4 is 17.8 Å². The summed E-state index contributed by atoms with van der Waals surface area (Å²) in [6.07, 6.45) is 0. The van der Waals surface area contributed by atoms with Gasteiger partial charge in [0.2, 0.25) is 11.8 Å². The van der Waals surface area contributed by atoms with Gasteiger partial charge in [-0.2, -0.15) is 0 Å². The number of hydrogen-bond acceptors (Lipinski definition) is 3. The van der Waals surface area contributed by atoms with Crippen LogP contribution in [0.2, 0.25) is 0 Å². The SMILES string of the molecule is CC(=O)NC(C)(C)C(=O)NC(C)(C)C(=O)O. The molecule has 0 radical (unpaired) electrons. The van der Waals surface area contributed by atoms with Crippen molar-refractivity contribution in [3.63, 3.8) is 0 Å². The number of rotatable bonds is 4. The number of carbonyl (C=O) groups is 3. The van der Waals surface area contributed by atoms with E-state index in [1.54, 1.807) is 0 Å². The number of carboxylic acids is 1. The van der Waals surface area contributed by atoms with Crippen LogP contribution in [0.15, 0.2) is 0 Å². The van der Waals surface area contributed by atoms with Crippen LogP contribution in [0.1, 0.15) is 34.6 Å². The molecule has 6 heteroatoms. The normalized spacial score (nSPS) is 11.8. The average Bonchev–Trinajstić information content (AvgIpc) is 1.99. The van der Waals surface area contributed by atoms with E-state index in [9.17, 15) is 14.4 Å². The Balaban J connectivity index is 4.70. The molecule has 0 rings (SSSR count). The van der Waals surface area contributed by atoms with Crippen molar-refractivity contribution in [2.45, 2.75) is 45.7 Å². The smallest absolute Gasteiger partial charge is 0.328 e. The zero-order valence-electron chi connectivity index (χ0n) is 10.2. The van der Waals surface area contributed by atoms with E-state index in [1.807, 2.05) is 0 Å². The van der Waals surface area contributed by atoms with Crippen LogP contribution in [-0.2, 0) is 14.4 Å². The Labute approximate surface area is 94.4 Å². The topological polar surface area (TPSA) is 95.5 Å². The number of carbonyl (C=O) groups excluding carboxylic acids is 2. The van der Waals surface area contributed by atoms with E-state index in [2.05, 4.69) is 10.6 Å². The number of amides is 2. The Morgan fingerprint density at radius 3 is 1.69 bits per heavy atom. The molecular weight excluding hydrogens is 212 g/mol. The second kappa shape index (κ2) is 4.51. The third kappa shape index (κ3) is 3.88. The summed E-state index contributed by atoms with van der Waals surface area (Å²) in [4.78, 5) is 33.4. The minimum absolute atomic E-state index is 0.353. The minimum atomic E-state index is -1.37. The predicted octanol–water partition coefficient (Wildman–Crippen LogP) is -0.119. The fraction of sp³-hybridized carbons (Fsp3) is 0.700. The first-order valence-corrected chi connectivity index (χ1v) is 4.84. The molecule has 0 unspecified atom stereocenters. The molecule has 0 heterocycles. The third-order valence-corrected chi connectivity index (χ3v) is 2.02. The van der Waals surface area contributed by atoms with Crippen molar-refractivity contribution in [2.24, 2.45) is 0 Å². The van der Waals surface area contributed by atoms with Gasteiger partial charge < -0.3 is 15.7 Å². The monoisotopic (exact) mass is 230 g/mol. The van der Waals surface area contributed by atoms with E-state index in [1.165, 1.54) is 34.6 Å². The third-order valence-electron chi connectivity index (χ3n) is 2.02. The highest BCUT2D eigenvalue weighted by Crippen LogP contribution is 2.08. The zero-order valence-corrected chi connectivity index (χ0v) is 10.2. The molecule has 0 aliphatic rings. The maximum Gasteiger partial charge on any atom is 0.328 e. The van der Waals surface area contributed by atoms with Crippen LogP contribution in [0.5, 0.6) is 0 Å². The molecule has 0 aliphatic heterocycles. The van der Waals surface area contributed by atoms with Crippen molar-refractivity contribution < 1.29 is 19.5 Å². The highest BCUT2D eigenvalue weighted by Gasteiger charge is 2.36. The molecule has 0 atom stereocenters. The van der Waals surface area contributed by atoms with Gasteiger partial charge in [0.1, 0.15) is 11.1 Å². The van der Waals surface area contributed by atoms with Gasteiger partial charge in [0.25, 0.3) is 0 Å². The number of hydrogen-bond donors (Lipinski definition) is 3. The molecule has 0 fully saturated rings. The van der Waals surface area contributed by atoms with E-state index < -0.39 is 23.0 Å². The first-order chi connectivity index (χ1) is 6.99. The Morgan fingerprint density at radius 2 is 1.38 bits per heavy atom. The minimum Gasteiger partial charge on any atom is -0.480 e. The summed E-state index contributed by atoms with van der Waals surface area (Å²) in [6, 6.07) is 0. The maximum atomic E-state index is 11.7. The second-order valence-electron chi connectivity index (χ2n) is 4.69. The molecule has 0 aromatic carbocycles. The van der Waals surface area contributed by atoms with Crippen LogP contribution in [-0.4, -0.2) is 34.0 Å². The predicted molar refractivity (Wildman–Crippen MR) is 57.8 cm³/mol. The van der Waals surface area contributed by atoms with Crippen molar-refractivity contribution in [3.05, 3.63) is 0 Å². The molecule has 0 aromatic rings. The molecule has 3 N–H and O–H groups in total. The highest BCUT2D eigenvalue weighted by atomic mass is 16.4. The van der Waals surface area contributed by atoms with Crippen LogP contribution in [0.25, 0.3) is 0 Å². The van der Waals surface area contributed by atoms with Crippen molar-refractivity contribution in [3.8, 4) is 0 Å². The van der Waals surface area contributed by atoms with Crippen LogP contribution in [0.4, 0.5) is 0 Å². The van der Waals surface area contributed by atoms with Gasteiger partial charge in [0.15, 0.2) is 0 Å². The van der Waals surface area contributed by atoms with E-state index in [0.717, 1.165) is 0 Å². The molecule has 0 bridgehead atoms. The van der Waals surface area contributed by atoms with Crippen molar-refractivity contribution in [1.82, 2.24) is 10.6 Å². The molecule has 0 spiro atoms. The lowest BCUT2D eigenvalue weighted by Crippen LogP contribution is -2.60. The molecule has 92 valence electrons. The molecule has 0 aromatic heterocycles. The lowest BCUT2D eigenvalue weighted by atomic mass is 10.00. The summed E-state index contributed by atoms with van der Waals surface area (Å²) in [5, 5.41) is 13.6. The van der Waals surface area contributed by atoms with E-state index in [4.69, 9.17) is 5.11 Å². The fourth-order valence-electron chi connectivity index (χ4n) is 0.990. The Morgan fingerprint density at radius 1 is 0.938 bits per heavy atom. The molecule has 16 heavy (non-hydrogen) atoms. The number of carboxylic acid groups (broad SMARTS) is 1. The van der Waals surface area contributed by atoms with Crippen LogP contribution < -0.4 is 10.6 Å². The summed E-state index contributed by atoms with van der Waals surface area (Å²) in [7, 11) is 0. The fourth-order valence-corrected chi connectivity index (χ4v) is 0.990. The lowest BCUT2D eigenvalue weighted by Gasteiger charge is -2.29. The number of nitrogens with one attached hydrogen (secondary N) is 2. The van der Waals surface area contributed by atoms with Crippen LogP contribution in [0.3, 0.4) is 0 Å². The lowest BCUT2D eigenvalue weighted by molar-refractivity contribution is -0.147. The van der Waals surface area contributed by atoms with Gasteiger partial charge >= 0.3 is 5.97 Å². The largest absolute Gasteiger partial charge is 0.480 e. The first kappa shape index (κ1) is 14.4. The molecular formula is C10H18N2O4. The highest BCUT2D eigenvalue weighted by molar-refractivity contribution is 5.93. The van der Waals surface area contributed by atoms with E-state index in [0.29, 0.717) is 0 Å². The molecule has 0 saturated heterocycles. The summed E-state index contributed by atoms with van der Waals surface area (Å²) < 4.78 is 0. The van der Waals surface area contributed by atoms with E-state index in [-0.39, 0.29) is 5.91 Å². The number of aliphatic carboxylic acids is 1. The van der Waals surface area contributed by atoms with E-state index >= 15 is 0 Å². The second-order valence-corrected chi connectivity index (χ2v) is 4.69. The molecule has 6 nitrogen and oxygen atoms in total. The molecule has 0 aliphatic carbocycles. The van der Waals surface area contributed by atoms with Gasteiger partial charge in [0.05, 0.1) is 0 Å². The maximum absolute atomic E-state index is 11.7. The van der Waals surface area contributed by atoms with Gasteiger partial charge in [-0.1, -0.05) is 0 Å². The van der Waals surface area contributed by atoms with Crippen LogP contribution >= 0.6 is 0 Å². The average molecular weight is 230 g/mol. The summed E-state index contributed by atoms with van der Waals surface area (Å²) in [5.74, 6) is -2.04. The summed E-state index contributed by atoms with van der Waals surface area (Å²) >= 11 is 0. The van der Waals surface area contributed by atoms with Crippen molar-refractivity contribution in [2.75, 3.05) is 0 Å². The zero-order chi connectivity index (χ0) is 13.1. The van der Waals surface area contributed by atoms with Gasteiger partial charge in [-0.3, -0.25) is 9.59 Å². The molecule has 2 amide bonds. The summed E-state index contributed by atoms with van der Waals surface area (Å²) in [6.45, 7) is 7.04. The Kier molecular flexibility index (Phi) is 4.06. The van der Waals surface area contributed by atoms with Gasteiger partial charge in [-0.25, -0.2) is 4.79 Å². The molecule has 0 saturated carbocycles. The van der Waals surface area contributed by atoms with Crippen molar-refractivity contribution in [1.29, 1.82) is 0 Å². The van der Waals surface area contributed by atoms with Gasteiger partial charge in [-0.05, 0) is 27.7 Å². The van der Waals surface area contributed by atoms with Gasteiger partial charge in [-0.15, -0.1) is 0 Å². The first-order valence-electron chi connectivity index (χ1n) is 4.84. The standard InChI is InChI=1S/C10H18N2O4/c1-6(13)11-9(2,3)7(14)12-10(4,5)8(15)16/h1-5H3,(H,11,13)(H,12,14)(H,15,16). The van der Waals surface area contributed by atoms with Crippen LogP contribution in [0, 0.1) is 0 Å². The quantitative estimate of drug-likeness (QED) is 0.627.